The van der Waals surface area contributed by atoms with Crippen molar-refractivity contribution in [1.29, 1.82) is 0 Å². The minimum Gasteiger partial charge on any atom is -0.352 e. The first-order valence-corrected chi connectivity index (χ1v) is 4.53. The highest BCUT2D eigenvalue weighted by Gasteiger charge is 2.03. The Morgan fingerprint density at radius 1 is 1.38 bits per heavy atom. The Hall–Kier alpha value is -1.31. The Morgan fingerprint density at radius 3 is 2.54 bits per heavy atom. The molecule has 1 amide bonds. The molecule has 0 bridgehead atoms. The van der Waals surface area contributed by atoms with Gasteiger partial charge in [0, 0.05) is 12.1 Å². The van der Waals surface area contributed by atoms with E-state index in [1.807, 2.05) is 30.3 Å². The van der Waals surface area contributed by atoms with Crippen molar-refractivity contribution >= 4 is 5.91 Å². The van der Waals surface area contributed by atoms with Crippen molar-refractivity contribution in [2.75, 3.05) is 6.54 Å². The molecule has 1 aromatic carbocycles. The van der Waals surface area contributed by atoms with Crippen LogP contribution in [0.25, 0.3) is 0 Å². The number of benzene rings is 1. The van der Waals surface area contributed by atoms with Crippen LogP contribution in [0.4, 0.5) is 0 Å². The van der Waals surface area contributed by atoms with Gasteiger partial charge in [0.05, 0.1) is 0 Å². The van der Waals surface area contributed by atoms with Gasteiger partial charge in [0.2, 0.25) is 0 Å². The van der Waals surface area contributed by atoms with Gasteiger partial charge in [-0.1, -0.05) is 32.0 Å². The van der Waals surface area contributed by atoms with Crippen LogP contribution in [0.15, 0.2) is 30.3 Å². The topological polar surface area (TPSA) is 29.1 Å². The lowest BCUT2D eigenvalue weighted by atomic mass is 10.2. The Kier molecular flexibility index (Phi) is 3.50. The number of hydrogen-bond acceptors (Lipinski definition) is 1. The third-order valence-electron chi connectivity index (χ3n) is 1.71. The summed E-state index contributed by atoms with van der Waals surface area (Å²) in [7, 11) is 0. The van der Waals surface area contributed by atoms with Gasteiger partial charge < -0.3 is 5.32 Å². The molecule has 0 heterocycles. The summed E-state index contributed by atoms with van der Waals surface area (Å²) in [6.45, 7) is 4.88. The third kappa shape index (κ3) is 3.28. The van der Waals surface area contributed by atoms with Crippen LogP contribution in [0.5, 0.6) is 0 Å². The van der Waals surface area contributed by atoms with Crippen LogP contribution in [0.2, 0.25) is 0 Å². The molecule has 70 valence electrons. The SMILES string of the molecule is CC(C)CNC(=O)c1ccccc1.[H+]. The van der Waals surface area contributed by atoms with E-state index in [1.54, 1.807) is 0 Å². The zero-order valence-electron chi connectivity index (χ0n) is 9.08. The smallest absolute Gasteiger partial charge is 0.352 e. The Bertz CT molecular complexity index is 272. The van der Waals surface area contributed by atoms with Gasteiger partial charge in [-0.15, -0.1) is 0 Å². The van der Waals surface area contributed by atoms with Crippen LogP contribution in [-0.4, -0.2) is 12.5 Å². The zero-order valence-corrected chi connectivity index (χ0v) is 8.08. The molecule has 0 saturated carbocycles. The van der Waals surface area contributed by atoms with Crippen LogP contribution in [0.1, 0.15) is 25.6 Å². The molecule has 1 N–H and O–H groups in total. The molecule has 1 rings (SSSR count). The van der Waals surface area contributed by atoms with E-state index in [2.05, 4.69) is 19.2 Å². The van der Waals surface area contributed by atoms with Crippen LogP contribution in [0, 0.1) is 5.92 Å². The summed E-state index contributed by atoms with van der Waals surface area (Å²) in [6, 6.07) is 9.26. The molecule has 2 nitrogen and oxygen atoms in total. The number of hydrogen-bond donors (Lipinski definition) is 1. The number of amides is 1. The van der Waals surface area contributed by atoms with Gasteiger partial charge in [-0.25, -0.2) is 0 Å². The van der Waals surface area contributed by atoms with Crippen molar-refractivity contribution in [2.24, 2.45) is 5.92 Å². The van der Waals surface area contributed by atoms with Crippen molar-refractivity contribution in [2.45, 2.75) is 13.8 Å². The quantitative estimate of drug-likeness (QED) is 0.755. The van der Waals surface area contributed by atoms with Gasteiger partial charge in [-0.05, 0) is 18.1 Å². The minimum absolute atomic E-state index is 0. The fraction of sp³-hybridized carbons (Fsp3) is 0.364. The van der Waals surface area contributed by atoms with Crippen LogP contribution < -0.4 is 5.32 Å². The maximum atomic E-state index is 11.4. The fourth-order valence-electron chi connectivity index (χ4n) is 0.988. The minimum atomic E-state index is 0. The van der Waals surface area contributed by atoms with Gasteiger partial charge in [0.1, 0.15) is 0 Å². The molecule has 0 aliphatic rings. The number of rotatable bonds is 3. The van der Waals surface area contributed by atoms with E-state index >= 15 is 0 Å². The van der Waals surface area contributed by atoms with Gasteiger partial charge in [-0.2, -0.15) is 0 Å². The molecule has 0 aromatic heterocycles. The van der Waals surface area contributed by atoms with Gasteiger partial charge in [0.25, 0.3) is 5.91 Å². The molecule has 0 saturated heterocycles. The first-order chi connectivity index (χ1) is 6.20. The maximum absolute atomic E-state index is 11.4. The molecule has 0 fully saturated rings. The van der Waals surface area contributed by atoms with E-state index in [0.29, 0.717) is 5.92 Å². The predicted molar refractivity (Wildman–Crippen MR) is 54.7 cm³/mol. The summed E-state index contributed by atoms with van der Waals surface area (Å²) < 4.78 is 0. The lowest BCUT2D eigenvalue weighted by molar-refractivity contribution is 0.0949. The van der Waals surface area contributed by atoms with Crippen molar-refractivity contribution in [3.63, 3.8) is 0 Å². The van der Waals surface area contributed by atoms with Crippen LogP contribution in [-0.2, 0) is 0 Å². The van der Waals surface area contributed by atoms with E-state index in [-0.39, 0.29) is 7.33 Å². The van der Waals surface area contributed by atoms with Crippen molar-refractivity contribution in [3.05, 3.63) is 35.9 Å². The Labute approximate surface area is 80.5 Å². The lowest BCUT2D eigenvalue weighted by Crippen LogP contribution is -2.27. The molecule has 0 radical (unpaired) electrons. The van der Waals surface area contributed by atoms with E-state index in [4.69, 9.17) is 0 Å². The monoisotopic (exact) mass is 178 g/mol. The molecule has 2 heteroatoms. The number of nitrogens with one attached hydrogen (secondary N) is 1. The summed E-state index contributed by atoms with van der Waals surface area (Å²) in [4.78, 5) is 11.4. The second kappa shape index (κ2) is 4.65. The molecule has 1 aromatic rings. The summed E-state index contributed by atoms with van der Waals surface area (Å²) in [5.74, 6) is 0.502. The molecule has 0 aliphatic heterocycles. The molecular formula is C11H16NO+. The second-order valence-corrected chi connectivity index (χ2v) is 3.47. The van der Waals surface area contributed by atoms with Gasteiger partial charge >= 0.3 is 1.43 Å². The van der Waals surface area contributed by atoms with Crippen molar-refractivity contribution < 1.29 is 6.22 Å². The lowest BCUT2D eigenvalue weighted by Gasteiger charge is -2.06. The van der Waals surface area contributed by atoms with E-state index in [0.717, 1.165) is 12.1 Å². The average Bonchev–Trinajstić information content (AvgIpc) is 2.15. The number of carbonyl (C=O) groups is 1. The van der Waals surface area contributed by atoms with Crippen molar-refractivity contribution in [1.82, 2.24) is 5.32 Å². The summed E-state index contributed by atoms with van der Waals surface area (Å²) in [5.41, 5.74) is 0.725. The predicted octanol–water partition coefficient (Wildman–Crippen LogP) is 2.18. The van der Waals surface area contributed by atoms with E-state index in [1.165, 1.54) is 0 Å². The Balaban J connectivity index is 0.00000169. The molecular weight excluding hydrogens is 162 g/mol. The van der Waals surface area contributed by atoms with Crippen LogP contribution >= 0.6 is 0 Å². The molecule has 0 unspecified atom stereocenters. The maximum Gasteiger partial charge on any atom is 1.00 e. The molecule has 0 aliphatic carbocycles. The van der Waals surface area contributed by atoms with Crippen molar-refractivity contribution in [3.8, 4) is 0 Å². The highest BCUT2D eigenvalue weighted by Crippen LogP contribution is 1.98. The second-order valence-electron chi connectivity index (χ2n) is 3.47. The Morgan fingerprint density at radius 2 is 2.00 bits per heavy atom. The average molecular weight is 178 g/mol. The standard InChI is InChI=1S/C11H15NO/c1-9(2)8-12-11(13)10-6-4-3-5-7-10/h3-7,9H,8H2,1-2H3,(H,12,13)/p+1. The summed E-state index contributed by atoms with van der Waals surface area (Å²) in [6.07, 6.45) is 0. The first kappa shape index (κ1) is 9.78. The van der Waals surface area contributed by atoms with E-state index in [9.17, 15) is 4.79 Å². The molecule has 0 spiro atoms. The highest BCUT2D eigenvalue weighted by molar-refractivity contribution is 5.94. The van der Waals surface area contributed by atoms with Gasteiger partial charge in [-0.3, -0.25) is 4.79 Å². The highest BCUT2D eigenvalue weighted by atomic mass is 16.1. The van der Waals surface area contributed by atoms with Gasteiger partial charge in [0.15, 0.2) is 0 Å². The zero-order chi connectivity index (χ0) is 9.68. The summed E-state index contributed by atoms with van der Waals surface area (Å²) in [5, 5.41) is 2.86. The first-order valence-electron chi connectivity index (χ1n) is 4.53. The molecule has 13 heavy (non-hydrogen) atoms. The van der Waals surface area contributed by atoms with E-state index < -0.39 is 0 Å². The fourth-order valence-corrected chi connectivity index (χ4v) is 0.988. The normalized spacial score (nSPS) is 10.1. The molecule has 0 atom stereocenters. The van der Waals surface area contributed by atoms with Crippen LogP contribution in [0.3, 0.4) is 0 Å². The summed E-state index contributed by atoms with van der Waals surface area (Å²) >= 11 is 0. The largest absolute Gasteiger partial charge is 1.00 e. The third-order valence-corrected chi connectivity index (χ3v) is 1.71. The number of carbonyl (C=O) groups excluding carboxylic acids is 1.